The molecule has 0 rings (SSSR count). The van der Waals surface area contributed by atoms with Crippen LogP contribution in [0.1, 0.15) is 27.2 Å². The van der Waals surface area contributed by atoms with Gasteiger partial charge in [0.25, 0.3) is 0 Å². The monoisotopic (exact) mass is 204 g/mol. The molecule has 4 heteroatoms. The molecule has 0 aromatic carbocycles. The van der Waals surface area contributed by atoms with Gasteiger partial charge in [0.15, 0.2) is 0 Å². The number of carbonyl (C=O) groups excluding carboxylic acids is 1. The molecular formula is C9H20N2OS. The first-order valence-electron chi connectivity index (χ1n) is 4.64. The van der Waals surface area contributed by atoms with Crippen LogP contribution in [0.25, 0.3) is 0 Å². The third-order valence-electron chi connectivity index (χ3n) is 1.92. The molecule has 0 aliphatic rings. The summed E-state index contributed by atoms with van der Waals surface area (Å²) in [7, 11) is 0. The van der Waals surface area contributed by atoms with Crippen LogP contribution < -0.4 is 5.73 Å². The van der Waals surface area contributed by atoms with Gasteiger partial charge in [-0.05, 0) is 26.8 Å². The van der Waals surface area contributed by atoms with Crippen molar-refractivity contribution in [1.82, 2.24) is 4.90 Å². The Morgan fingerprint density at radius 3 is 2.31 bits per heavy atom. The van der Waals surface area contributed by atoms with Crippen LogP contribution >= 0.6 is 12.6 Å². The Morgan fingerprint density at radius 2 is 2.00 bits per heavy atom. The maximum atomic E-state index is 10.7. The lowest BCUT2D eigenvalue weighted by molar-refractivity contribution is -0.119. The SMILES string of the molecule is CC(S)CCN(CC(N)=O)C(C)C. The minimum Gasteiger partial charge on any atom is -0.369 e. The standard InChI is InChI=1S/C9H20N2OS/c1-7(2)11(6-9(10)12)5-4-8(3)13/h7-8,13H,4-6H2,1-3H3,(H2,10,12). The van der Waals surface area contributed by atoms with Crippen molar-refractivity contribution in [2.75, 3.05) is 13.1 Å². The van der Waals surface area contributed by atoms with Crippen LogP contribution in [-0.2, 0) is 4.79 Å². The van der Waals surface area contributed by atoms with Gasteiger partial charge in [-0.2, -0.15) is 12.6 Å². The highest BCUT2D eigenvalue weighted by atomic mass is 32.1. The van der Waals surface area contributed by atoms with Crippen LogP contribution in [0.2, 0.25) is 0 Å². The van der Waals surface area contributed by atoms with Gasteiger partial charge < -0.3 is 5.73 Å². The molecule has 0 bridgehead atoms. The molecule has 0 aromatic rings. The fourth-order valence-corrected chi connectivity index (χ4v) is 1.19. The average Bonchev–Trinajstić information content (AvgIpc) is 1.96. The number of primary amides is 1. The van der Waals surface area contributed by atoms with E-state index in [4.69, 9.17) is 5.73 Å². The van der Waals surface area contributed by atoms with E-state index in [0.29, 0.717) is 17.8 Å². The second-order valence-corrected chi connectivity index (χ2v) is 4.55. The number of nitrogens with zero attached hydrogens (tertiary/aromatic N) is 1. The molecule has 1 amide bonds. The summed E-state index contributed by atoms with van der Waals surface area (Å²) in [5, 5.41) is 0.370. The molecule has 3 nitrogen and oxygen atoms in total. The molecular weight excluding hydrogens is 184 g/mol. The summed E-state index contributed by atoms with van der Waals surface area (Å²) in [5.41, 5.74) is 5.14. The molecule has 1 atom stereocenters. The molecule has 13 heavy (non-hydrogen) atoms. The molecule has 0 aromatic heterocycles. The predicted molar refractivity (Wildman–Crippen MR) is 59.0 cm³/mol. The van der Waals surface area contributed by atoms with E-state index in [1.54, 1.807) is 0 Å². The number of rotatable bonds is 6. The Bertz CT molecular complexity index is 160. The highest BCUT2D eigenvalue weighted by molar-refractivity contribution is 7.80. The Labute approximate surface area is 86.1 Å². The van der Waals surface area contributed by atoms with E-state index in [2.05, 4.69) is 31.4 Å². The maximum Gasteiger partial charge on any atom is 0.231 e. The summed E-state index contributed by atoms with van der Waals surface area (Å²) in [4.78, 5) is 12.8. The Kier molecular flexibility index (Phi) is 6.16. The predicted octanol–water partition coefficient (Wildman–Crippen LogP) is 0.890. The Balaban J connectivity index is 3.88. The molecule has 0 aliphatic heterocycles. The summed E-state index contributed by atoms with van der Waals surface area (Å²) < 4.78 is 0. The molecule has 1 unspecified atom stereocenters. The number of thiol groups is 1. The molecule has 0 aliphatic carbocycles. The summed E-state index contributed by atoms with van der Waals surface area (Å²) in [6, 6.07) is 0.361. The quantitative estimate of drug-likeness (QED) is 0.631. The smallest absolute Gasteiger partial charge is 0.231 e. The van der Waals surface area contributed by atoms with E-state index >= 15 is 0 Å². The van der Waals surface area contributed by atoms with Gasteiger partial charge in [0.1, 0.15) is 0 Å². The van der Waals surface area contributed by atoms with Crippen LogP contribution in [-0.4, -0.2) is 35.2 Å². The third-order valence-corrected chi connectivity index (χ3v) is 2.18. The number of amides is 1. The Hall–Kier alpha value is -0.220. The van der Waals surface area contributed by atoms with Crippen molar-refractivity contribution >= 4 is 18.5 Å². The van der Waals surface area contributed by atoms with E-state index in [9.17, 15) is 4.79 Å². The molecule has 0 radical (unpaired) electrons. The highest BCUT2D eigenvalue weighted by Crippen LogP contribution is 2.04. The van der Waals surface area contributed by atoms with Crippen LogP contribution in [0.5, 0.6) is 0 Å². The lowest BCUT2D eigenvalue weighted by Crippen LogP contribution is -2.39. The van der Waals surface area contributed by atoms with E-state index in [0.717, 1.165) is 13.0 Å². The third kappa shape index (κ3) is 6.90. The maximum absolute atomic E-state index is 10.7. The van der Waals surface area contributed by atoms with E-state index in [1.165, 1.54) is 0 Å². The number of hydrogen-bond donors (Lipinski definition) is 2. The van der Waals surface area contributed by atoms with Crippen LogP contribution in [0.4, 0.5) is 0 Å². The molecule has 0 heterocycles. The fourth-order valence-electron chi connectivity index (χ4n) is 1.07. The van der Waals surface area contributed by atoms with Crippen molar-refractivity contribution in [2.24, 2.45) is 5.73 Å². The molecule has 2 N–H and O–H groups in total. The van der Waals surface area contributed by atoms with Crippen molar-refractivity contribution in [1.29, 1.82) is 0 Å². The van der Waals surface area contributed by atoms with Gasteiger partial charge in [0.05, 0.1) is 6.54 Å². The number of carbonyl (C=O) groups is 1. The second kappa shape index (κ2) is 6.27. The molecule has 0 saturated carbocycles. The van der Waals surface area contributed by atoms with Gasteiger partial charge in [-0.3, -0.25) is 9.69 Å². The van der Waals surface area contributed by atoms with Crippen LogP contribution in [0, 0.1) is 0 Å². The number of hydrogen-bond acceptors (Lipinski definition) is 3. The largest absolute Gasteiger partial charge is 0.369 e. The summed E-state index contributed by atoms with van der Waals surface area (Å²) >= 11 is 4.29. The van der Waals surface area contributed by atoms with Gasteiger partial charge >= 0.3 is 0 Å². The van der Waals surface area contributed by atoms with Crippen molar-refractivity contribution in [3.8, 4) is 0 Å². The minimum atomic E-state index is -0.263. The zero-order chi connectivity index (χ0) is 10.4. The van der Waals surface area contributed by atoms with Crippen LogP contribution in [0.15, 0.2) is 0 Å². The summed E-state index contributed by atoms with van der Waals surface area (Å²) in [6.07, 6.45) is 0.981. The topological polar surface area (TPSA) is 46.3 Å². The van der Waals surface area contributed by atoms with E-state index < -0.39 is 0 Å². The van der Waals surface area contributed by atoms with Crippen molar-refractivity contribution < 1.29 is 4.79 Å². The lowest BCUT2D eigenvalue weighted by atomic mass is 10.2. The molecule has 78 valence electrons. The van der Waals surface area contributed by atoms with Gasteiger partial charge in [-0.15, -0.1) is 0 Å². The number of nitrogens with two attached hydrogens (primary N) is 1. The van der Waals surface area contributed by atoms with Crippen LogP contribution in [0.3, 0.4) is 0 Å². The van der Waals surface area contributed by atoms with Crippen molar-refractivity contribution in [2.45, 2.75) is 38.5 Å². The first-order valence-corrected chi connectivity index (χ1v) is 5.15. The zero-order valence-corrected chi connectivity index (χ0v) is 9.55. The van der Waals surface area contributed by atoms with E-state index in [-0.39, 0.29) is 5.91 Å². The molecule has 0 spiro atoms. The van der Waals surface area contributed by atoms with E-state index in [1.807, 2.05) is 6.92 Å². The Morgan fingerprint density at radius 1 is 1.46 bits per heavy atom. The minimum absolute atomic E-state index is 0.263. The lowest BCUT2D eigenvalue weighted by Gasteiger charge is -2.25. The average molecular weight is 204 g/mol. The first-order chi connectivity index (χ1) is 5.93. The highest BCUT2D eigenvalue weighted by Gasteiger charge is 2.12. The van der Waals surface area contributed by atoms with Gasteiger partial charge in [-0.1, -0.05) is 6.92 Å². The molecule has 0 saturated heterocycles. The zero-order valence-electron chi connectivity index (χ0n) is 8.66. The normalized spacial score (nSPS) is 13.7. The van der Waals surface area contributed by atoms with Gasteiger partial charge in [-0.25, -0.2) is 0 Å². The molecule has 0 fully saturated rings. The second-order valence-electron chi connectivity index (χ2n) is 3.67. The van der Waals surface area contributed by atoms with Gasteiger partial charge in [0.2, 0.25) is 5.91 Å². The summed E-state index contributed by atoms with van der Waals surface area (Å²) in [6.45, 7) is 7.40. The van der Waals surface area contributed by atoms with Gasteiger partial charge in [0, 0.05) is 11.3 Å². The first kappa shape index (κ1) is 12.8. The fraction of sp³-hybridized carbons (Fsp3) is 0.889. The summed E-state index contributed by atoms with van der Waals surface area (Å²) in [5.74, 6) is -0.263. The van der Waals surface area contributed by atoms with Crippen molar-refractivity contribution in [3.63, 3.8) is 0 Å². The van der Waals surface area contributed by atoms with Crippen molar-refractivity contribution in [3.05, 3.63) is 0 Å².